The largest absolute Gasteiger partial charge is 0.460 e. The van der Waals surface area contributed by atoms with Crippen molar-refractivity contribution in [2.75, 3.05) is 13.2 Å². The molecule has 0 amide bonds. The monoisotopic (exact) mass is 157 g/mol. The predicted octanol–water partition coefficient (Wildman–Crippen LogP) is 0.955. The van der Waals surface area contributed by atoms with E-state index in [0.717, 1.165) is 6.08 Å². The molecule has 0 aliphatic rings. The smallest absolute Gasteiger partial charge is 0.330 e. The van der Waals surface area contributed by atoms with Crippen LogP contribution in [0.15, 0.2) is 12.7 Å². The van der Waals surface area contributed by atoms with Gasteiger partial charge < -0.3 is 9.47 Å². The minimum Gasteiger partial charge on any atom is -0.460 e. The number of esters is 1. The summed E-state index contributed by atoms with van der Waals surface area (Å²) in [5.41, 5.74) is 0. The molecular formula is C8H13O3. The van der Waals surface area contributed by atoms with Gasteiger partial charge in [0.15, 0.2) is 0 Å². The van der Waals surface area contributed by atoms with Gasteiger partial charge in [-0.1, -0.05) is 6.58 Å². The molecular weight excluding hydrogens is 144 g/mol. The molecule has 3 heteroatoms. The molecule has 1 unspecified atom stereocenters. The second-order valence-electron chi connectivity index (χ2n) is 2.05. The lowest BCUT2D eigenvalue weighted by Gasteiger charge is -2.06. The Kier molecular flexibility index (Phi) is 5.47. The molecule has 3 nitrogen and oxygen atoms in total. The van der Waals surface area contributed by atoms with E-state index >= 15 is 0 Å². The molecule has 1 radical (unpaired) electrons. The van der Waals surface area contributed by atoms with Gasteiger partial charge in [0, 0.05) is 6.08 Å². The average molecular weight is 157 g/mol. The van der Waals surface area contributed by atoms with E-state index in [2.05, 4.69) is 18.2 Å². The van der Waals surface area contributed by atoms with Crippen LogP contribution in [0.3, 0.4) is 0 Å². The minimum absolute atomic E-state index is 0.0718. The third-order valence-corrected chi connectivity index (χ3v) is 0.897. The fourth-order valence-electron chi connectivity index (χ4n) is 0.450. The standard InChI is InChI=1S/C8H13O3/c1-4-8(9)11-6-5-10-7(2)3/h4,7H,1-2,5-6H2,3H3. The molecule has 0 aromatic heterocycles. The zero-order valence-electron chi connectivity index (χ0n) is 6.71. The molecule has 0 spiro atoms. The summed E-state index contributed by atoms with van der Waals surface area (Å²) in [5, 5.41) is 0. The summed E-state index contributed by atoms with van der Waals surface area (Å²) in [6, 6.07) is 0. The Bertz CT molecular complexity index is 129. The van der Waals surface area contributed by atoms with Crippen LogP contribution in [0.25, 0.3) is 0 Å². The van der Waals surface area contributed by atoms with Gasteiger partial charge in [-0.2, -0.15) is 0 Å². The normalized spacial score (nSPS) is 9.73. The topological polar surface area (TPSA) is 35.5 Å². The molecule has 0 N–H and O–H groups in total. The van der Waals surface area contributed by atoms with Gasteiger partial charge in [0.2, 0.25) is 0 Å². The van der Waals surface area contributed by atoms with Gasteiger partial charge in [-0.05, 0) is 13.8 Å². The summed E-state index contributed by atoms with van der Waals surface area (Å²) in [4.78, 5) is 10.4. The maximum Gasteiger partial charge on any atom is 0.330 e. The molecule has 0 aliphatic heterocycles. The second-order valence-corrected chi connectivity index (χ2v) is 2.05. The fourth-order valence-corrected chi connectivity index (χ4v) is 0.450. The number of carbonyl (C=O) groups is 1. The maximum absolute atomic E-state index is 10.4. The highest BCUT2D eigenvalue weighted by Gasteiger charge is 1.96. The first-order chi connectivity index (χ1) is 5.16. The van der Waals surface area contributed by atoms with Crippen molar-refractivity contribution in [2.45, 2.75) is 13.0 Å². The van der Waals surface area contributed by atoms with Crippen LogP contribution in [0, 0.1) is 6.92 Å². The van der Waals surface area contributed by atoms with Crippen LogP contribution < -0.4 is 0 Å². The van der Waals surface area contributed by atoms with Crippen molar-refractivity contribution in [1.82, 2.24) is 0 Å². The lowest BCUT2D eigenvalue weighted by atomic mass is 10.5. The van der Waals surface area contributed by atoms with Crippen LogP contribution >= 0.6 is 0 Å². The van der Waals surface area contributed by atoms with Gasteiger partial charge in [-0.25, -0.2) is 4.79 Å². The van der Waals surface area contributed by atoms with E-state index in [1.54, 1.807) is 0 Å². The van der Waals surface area contributed by atoms with Crippen molar-refractivity contribution < 1.29 is 14.3 Å². The number of rotatable bonds is 5. The Labute approximate surface area is 67.0 Å². The van der Waals surface area contributed by atoms with Crippen LogP contribution in [-0.2, 0) is 14.3 Å². The number of hydrogen-bond donors (Lipinski definition) is 0. The van der Waals surface area contributed by atoms with Gasteiger partial charge in [0.1, 0.15) is 6.61 Å². The maximum atomic E-state index is 10.4. The lowest BCUT2D eigenvalue weighted by Crippen LogP contribution is -2.11. The van der Waals surface area contributed by atoms with Crippen molar-refractivity contribution in [3.63, 3.8) is 0 Å². The molecule has 11 heavy (non-hydrogen) atoms. The number of hydrogen-bond acceptors (Lipinski definition) is 3. The summed E-state index contributed by atoms with van der Waals surface area (Å²) in [5.74, 6) is -0.426. The van der Waals surface area contributed by atoms with Crippen LogP contribution in [0.4, 0.5) is 0 Å². The first-order valence-electron chi connectivity index (χ1n) is 3.40. The lowest BCUT2D eigenvalue weighted by molar-refractivity contribution is -0.139. The Morgan fingerprint density at radius 2 is 2.27 bits per heavy atom. The highest BCUT2D eigenvalue weighted by atomic mass is 16.6. The molecule has 0 aromatic carbocycles. The van der Waals surface area contributed by atoms with E-state index < -0.39 is 5.97 Å². The summed E-state index contributed by atoms with van der Waals surface area (Å²) >= 11 is 0. The third kappa shape index (κ3) is 7.06. The Balaban J connectivity index is 3.14. The van der Waals surface area contributed by atoms with Crippen LogP contribution in [0.5, 0.6) is 0 Å². The van der Waals surface area contributed by atoms with Crippen LogP contribution in [0.2, 0.25) is 0 Å². The minimum atomic E-state index is -0.426. The van der Waals surface area contributed by atoms with Crippen molar-refractivity contribution in [3.05, 3.63) is 19.6 Å². The molecule has 1 atom stereocenters. The quantitative estimate of drug-likeness (QED) is 0.338. The molecule has 0 rings (SSSR count). The van der Waals surface area contributed by atoms with Gasteiger partial charge >= 0.3 is 5.97 Å². The summed E-state index contributed by atoms with van der Waals surface area (Å²) in [7, 11) is 0. The van der Waals surface area contributed by atoms with Gasteiger partial charge in [0.05, 0.1) is 12.7 Å². The second kappa shape index (κ2) is 5.92. The first-order valence-corrected chi connectivity index (χ1v) is 3.40. The van der Waals surface area contributed by atoms with E-state index in [4.69, 9.17) is 4.74 Å². The van der Waals surface area contributed by atoms with Crippen molar-refractivity contribution >= 4 is 5.97 Å². The first kappa shape index (κ1) is 10.2. The van der Waals surface area contributed by atoms with Gasteiger partial charge in [-0.3, -0.25) is 0 Å². The Hall–Kier alpha value is -0.830. The molecule has 0 aliphatic carbocycles. The van der Waals surface area contributed by atoms with Gasteiger partial charge in [0.25, 0.3) is 0 Å². The highest BCUT2D eigenvalue weighted by molar-refractivity contribution is 5.81. The molecule has 0 heterocycles. The third-order valence-electron chi connectivity index (χ3n) is 0.897. The van der Waals surface area contributed by atoms with Crippen molar-refractivity contribution in [2.24, 2.45) is 0 Å². The summed E-state index contributed by atoms with van der Waals surface area (Å²) in [6.45, 7) is 9.29. The molecule has 63 valence electrons. The van der Waals surface area contributed by atoms with Crippen molar-refractivity contribution in [1.29, 1.82) is 0 Å². The molecule has 0 bridgehead atoms. The molecule has 0 aromatic rings. The number of ether oxygens (including phenoxy) is 2. The Morgan fingerprint density at radius 3 is 2.73 bits per heavy atom. The van der Waals surface area contributed by atoms with Gasteiger partial charge in [-0.15, -0.1) is 0 Å². The van der Waals surface area contributed by atoms with Crippen molar-refractivity contribution in [3.8, 4) is 0 Å². The zero-order chi connectivity index (χ0) is 8.69. The Morgan fingerprint density at radius 1 is 1.64 bits per heavy atom. The van der Waals surface area contributed by atoms with E-state index in [0.29, 0.717) is 6.61 Å². The van der Waals surface area contributed by atoms with E-state index in [1.807, 2.05) is 6.92 Å². The van der Waals surface area contributed by atoms with E-state index in [-0.39, 0.29) is 12.7 Å². The average Bonchev–Trinajstić information content (AvgIpc) is 1.97. The highest BCUT2D eigenvalue weighted by Crippen LogP contribution is 1.87. The van der Waals surface area contributed by atoms with Crippen LogP contribution in [0.1, 0.15) is 6.92 Å². The van der Waals surface area contributed by atoms with E-state index in [9.17, 15) is 4.79 Å². The predicted molar refractivity (Wildman–Crippen MR) is 41.9 cm³/mol. The summed E-state index contributed by atoms with van der Waals surface area (Å²) in [6.07, 6.45) is 1.05. The van der Waals surface area contributed by atoms with Crippen LogP contribution in [-0.4, -0.2) is 25.3 Å². The molecule has 0 saturated heterocycles. The summed E-state index contributed by atoms with van der Waals surface area (Å²) < 4.78 is 9.65. The fraction of sp³-hybridized carbons (Fsp3) is 0.500. The SMILES string of the molecule is [CH2]C(C)OCCOC(=O)C=C. The number of carbonyl (C=O) groups excluding carboxylic acids is 1. The van der Waals surface area contributed by atoms with E-state index in [1.165, 1.54) is 0 Å². The molecule has 0 fully saturated rings. The zero-order valence-corrected chi connectivity index (χ0v) is 6.71. The molecule has 0 saturated carbocycles.